The molecule has 3 saturated heterocycles. The summed E-state index contributed by atoms with van der Waals surface area (Å²) in [6, 6.07) is 2.23. The van der Waals surface area contributed by atoms with Crippen LogP contribution >= 0.6 is 24.8 Å². The van der Waals surface area contributed by atoms with E-state index in [1.807, 2.05) is 0 Å². The first-order chi connectivity index (χ1) is 14.2. The molecule has 0 aliphatic carbocycles. The van der Waals surface area contributed by atoms with Crippen LogP contribution in [0, 0.1) is 0 Å². The Bertz CT molecular complexity index is 615. The normalized spacial score (nSPS) is 21.5. The number of hydrogen-bond acceptors (Lipinski definition) is 7. The van der Waals surface area contributed by atoms with Gasteiger partial charge in [0.2, 0.25) is 5.95 Å². The highest BCUT2D eigenvalue weighted by Crippen LogP contribution is 2.30. The standard InChI is InChI=1S/C22H38N6O.2ClH/c1-2-18(7-8-21(29)27-15-9-23-10-16-27)19-17-20(26-11-3-4-12-26)25-22(24-19)28-13-5-6-14-28;;/h17-18,21,23,29H,2-16H2,1H3;2*1H. The van der Waals surface area contributed by atoms with Gasteiger partial charge in [-0.3, -0.25) is 4.90 Å². The zero-order valence-corrected chi connectivity index (χ0v) is 20.5. The first-order valence-electron chi connectivity index (χ1n) is 11.8. The number of aliphatic hydroxyl groups excluding tert-OH is 1. The van der Waals surface area contributed by atoms with E-state index in [1.165, 1.54) is 31.4 Å². The predicted octanol–water partition coefficient (Wildman–Crippen LogP) is 3.02. The van der Waals surface area contributed by atoms with E-state index in [0.29, 0.717) is 5.92 Å². The maximum Gasteiger partial charge on any atom is 0.227 e. The van der Waals surface area contributed by atoms with E-state index >= 15 is 0 Å². The maximum absolute atomic E-state index is 10.7. The van der Waals surface area contributed by atoms with Crippen molar-refractivity contribution in [3.63, 3.8) is 0 Å². The molecule has 0 amide bonds. The van der Waals surface area contributed by atoms with E-state index < -0.39 is 0 Å². The second-order valence-electron chi connectivity index (χ2n) is 8.79. The Morgan fingerprint density at radius 1 is 0.903 bits per heavy atom. The summed E-state index contributed by atoms with van der Waals surface area (Å²) in [5.41, 5.74) is 1.17. The van der Waals surface area contributed by atoms with Crippen molar-refractivity contribution in [3.05, 3.63) is 11.8 Å². The minimum absolute atomic E-state index is 0. The summed E-state index contributed by atoms with van der Waals surface area (Å²) in [5.74, 6) is 2.40. The Morgan fingerprint density at radius 2 is 1.52 bits per heavy atom. The largest absolute Gasteiger partial charge is 0.378 e. The van der Waals surface area contributed by atoms with E-state index in [0.717, 1.165) is 83.4 Å². The molecule has 31 heavy (non-hydrogen) atoms. The SMILES string of the molecule is CCC(CCC(O)N1CCNCC1)c1cc(N2CCCC2)nc(N2CCCC2)n1.Cl.Cl. The first kappa shape index (κ1) is 26.4. The van der Waals surface area contributed by atoms with Gasteiger partial charge in [0.05, 0.1) is 5.69 Å². The molecule has 0 bridgehead atoms. The van der Waals surface area contributed by atoms with Crippen molar-refractivity contribution in [3.8, 4) is 0 Å². The van der Waals surface area contributed by atoms with Crippen LogP contribution in [-0.2, 0) is 0 Å². The van der Waals surface area contributed by atoms with Crippen molar-refractivity contribution < 1.29 is 5.11 Å². The van der Waals surface area contributed by atoms with Crippen LogP contribution in [0.3, 0.4) is 0 Å². The number of nitrogens with zero attached hydrogens (tertiary/aromatic N) is 5. The van der Waals surface area contributed by atoms with E-state index in [4.69, 9.17) is 9.97 Å². The summed E-state index contributed by atoms with van der Waals surface area (Å²) in [4.78, 5) is 17.0. The van der Waals surface area contributed by atoms with E-state index in [2.05, 4.69) is 33.0 Å². The topological polar surface area (TPSA) is 67.8 Å². The second-order valence-corrected chi connectivity index (χ2v) is 8.79. The summed E-state index contributed by atoms with van der Waals surface area (Å²) in [5, 5.41) is 14.0. The van der Waals surface area contributed by atoms with Gasteiger partial charge in [-0.2, -0.15) is 4.98 Å². The fraction of sp³-hybridized carbons (Fsp3) is 0.818. The van der Waals surface area contributed by atoms with Crippen molar-refractivity contribution in [2.24, 2.45) is 0 Å². The number of anilines is 2. The van der Waals surface area contributed by atoms with Gasteiger partial charge in [-0.1, -0.05) is 6.92 Å². The highest BCUT2D eigenvalue weighted by Gasteiger charge is 2.24. The van der Waals surface area contributed by atoms with Gasteiger partial charge in [0, 0.05) is 64.3 Å². The van der Waals surface area contributed by atoms with Crippen molar-refractivity contribution in [1.82, 2.24) is 20.2 Å². The lowest BCUT2D eigenvalue weighted by Crippen LogP contribution is -2.48. The molecule has 0 saturated carbocycles. The molecule has 0 aromatic carbocycles. The number of nitrogens with one attached hydrogen (secondary N) is 1. The van der Waals surface area contributed by atoms with Crippen LogP contribution in [0.15, 0.2) is 6.07 Å². The van der Waals surface area contributed by atoms with Gasteiger partial charge in [0.25, 0.3) is 0 Å². The average Bonchev–Trinajstić information content (AvgIpc) is 3.49. The number of hydrogen-bond donors (Lipinski definition) is 2. The molecule has 2 atom stereocenters. The molecule has 2 N–H and O–H groups in total. The van der Waals surface area contributed by atoms with Crippen molar-refractivity contribution in [2.45, 2.75) is 64.0 Å². The molecule has 9 heteroatoms. The Labute approximate surface area is 199 Å². The highest BCUT2D eigenvalue weighted by molar-refractivity contribution is 5.85. The zero-order chi connectivity index (χ0) is 20.1. The van der Waals surface area contributed by atoms with Crippen LogP contribution in [0.1, 0.15) is 63.5 Å². The number of halogens is 2. The smallest absolute Gasteiger partial charge is 0.227 e. The van der Waals surface area contributed by atoms with Crippen LogP contribution < -0.4 is 15.1 Å². The lowest BCUT2D eigenvalue weighted by Gasteiger charge is -2.32. The molecule has 1 aromatic heterocycles. The predicted molar refractivity (Wildman–Crippen MR) is 132 cm³/mol. The molecule has 3 aliphatic rings. The molecule has 178 valence electrons. The Kier molecular flexibility index (Phi) is 11.1. The van der Waals surface area contributed by atoms with Gasteiger partial charge in [-0.25, -0.2) is 4.98 Å². The van der Waals surface area contributed by atoms with Gasteiger partial charge in [0.1, 0.15) is 12.0 Å². The quantitative estimate of drug-likeness (QED) is 0.599. The molecular formula is C22H40Cl2N6O. The molecule has 2 unspecified atom stereocenters. The molecule has 1 aromatic rings. The second kappa shape index (κ2) is 13.0. The lowest BCUT2D eigenvalue weighted by molar-refractivity contribution is -0.0116. The van der Waals surface area contributed by atoms with Crippen LogP contribution in [0.4, 0.5) is 11.8 Å². The van der Waals surface area contributed by atoms with Crippen LogP contribution in [0.2, 0.25) is 0 Å². The lowest BCUT2D eigenvalue weighted by atomic mass is 9.95. The number of aliphatic hydroxyl groups is 1. The summed E-state index contributed by atoms with van der Waals surface area (Å²) < 4.78 is 0. The Hall–Kier alpha value is -0.860. The van der Waals surface area contributed by atoms with Gasteiger partial charge in [0.15, 0.2) is 0 Å². The Morgan fingerprint density at radius 3 is 2.13 bits per heavy atom. The third-order valence-electron chi connectivity index (χ3n) is 6.80. The molecule has 7 nitrogen and oxygen atoms in total. The Balaban J connectivity index is 0.00000171. The summed E-state index contributed by atoms with van der Waals surface area (Å²) in [7, 11) is 0. The molecule has 4 heterocycles. The van der Waals surface area contributed by atoms with E-state index in [9.17, 15) is 5.11 Å². The maximum atomic E-state index is 10.7. The van der Waals surface area contributed by atoms with Crippen LogP contribution in [-0.4, -0.2) is 78.6 Å². The monoisotopic (exact) mass is 474 g/mol. The van der Waals surface area contributed by atoms with Crippen molar-refractivity contribution in [2.75, 3.05) is 62.2 Å². The zero-order valence-electron chi connectivity index (χ0n) is 18.8. The fourth-order valence-corrected chi connectivity index (χ4v) is 4.89. The highest BCUT2D eigenvalue weighted by atomic mass is 35.5. The van der Waals surface area contributed by atoms with Crippen LogP contribution in [0.5, 0.6) is 0 Å². The van der Waals surface area contributed by atoms with Gasteiger partial charge in [-0.05, 0) is 44.9 Å². The van der Waals surface area contributed by atoms with Crippen LogP contribution in [0.25, 0.3) is 0 Å². The van der Waals surface area contributed by atoms with Gasteiger partial charge >= 0.3 is 0 Å². The van der Waals surface area contributed by atoms with Crippen molar-refractivity contribution in [1.29, 1.82) is 0 Å². The minimum Gasteiger partial charge on any atom is -0.378 e. The van der Waals surface area contributed by atoms with E-state index in [-0.39, 0.29) is 31.0 Å². The third-order valence-corrected chi connectivity index (χ3v) is 6.80. The van der Waals surface area contributed by atoms with Crippen molar-refractivity contribution >= 4 is 36.6 Å². The molecule has 0 radical (unpaired) electrons. The summed E-state index contributed by atoms with van der Waals surface area (Å²) >= 11 is 0. The summed E-state index contributed by atoms with van der Waals surface area (Å²) in [6.07, 6.45) is 7.46. The molecule has 3 fully saturated rings. The molecule has 3 aliphatic heterocycles. The van der Waals surface area contributed by atoms with Gasteiger partial charge in [-0.15, -0.1) is 24.8 Å². The number of aromatic nitrogens is 2. The first-order valence-corrected chi connectivity index (χ1v) is 11.8. The number of piperazine rings is 1. The molecular weight excluding hydrogens is 435 g/mol. The molecule has 0 spiro atoms. The average molecular weight is 476 g/mol. The number of rotatable bonds is 8. The minimum atomic E-state index is -0.343. The molecule has 4 rings (SSSR count). The summed E-state index contributed by atoms with van der Waals surface area (Å²) in [6.45, 7) is 10.4. The third kappa shape index (κ3) is 6.81. The van der Waals surface area contributed by atoms with Gasteiger partial charge < -0.3 is 20.2 Å². The van der Waals surface area contributed by atoms with E-state index in [1.54, 1.807) is 0 Å². The fourth-order valence-electron chi connectivity index (χ4n) is 4.89.